The molecule has 0 spiro atoms. The Morgan fingerprint density at radius 2 is 2.47 bits per heavy atom. The van der Waals surface area contributed by atoms with Gasteiger partial charge in [0.05, 0.1) is 18.2 Å². The Balaban J connectivity index is 2.73. The van der Waals surface area contributed by atoms with Gasteiger partial charge in [0, 0.05) is 16.0 Å². The zero-order valence-corrected chi connectivity index (χ0v) is 10.6. The number of carbonyl (C=O) groups excluding carboxylic acids is 1. The van der Waals surface area contributed by atoms with Crippen LogP contribution in [0.25, 0.3) is 0 Å². The molecule has 2 N–H and O–H groups in total. The molecule has 1 unspecified atom stereocenters. The summed E-state index contributed by atoms with van der Waals surface area (Å²) in [5.74, 6) is -0.164. The predicted octanol–water partition coefficient (Wildman–Crippen LogP) is 1.19. The number of aliphatic hydroxyl groups is 1. The first-order valence-corrected chi connectivity index (χ1v) is 5.78. The zero-order chi connectivity index (χ0) is 11.3. The van der Waals surface area contributed by atoms with Gasteiger partial charge < -0.3 is 10.4 Å². The first-order valence-electron chi connectivity index (χ1n) is 4.70. The molecular formula is C10H13IN2O2. The van der Waals surface area contributed by atoms with Gasteiger partial charge in [-0.2, -0.15) is 0 Å². The number of hydrogen-bond donors (Lipinski definition) is 2. The molecule has 0 aromatic carbocycles. The summed E-state index contributed by atoms with van der Waals surface area (Å²) in [4.78, 5) is 15.6. The van der Waals surface area contributed by atoms with Crippen LogP contribution in [0.3, 0.4) is 0 Å². The van der Waals surface area contributed by atoms with Gasteiger partial charge in [-0.3, -0.25) is 9.78 Å². The summed E-state index contributed by atoms with van der Waals surface area (Å²) >= 11 is 2.06. The molecule has 1 atom stereocenters. The van der Waals surface area contributed by atoms with E-state index in [1.165, 1.54) is 0 Å². The summed E-state index contributed by atoms with van der Waals surface area (Å²) in [6.07, 6.45) is 3.93. The number of nitrogens with zero attached hydrogens (tertiary/aromatic N) is 1. The number of aliphatic hydroxyl groups excluding tert-OH is 1. The molecule has 0 aliphatic rings. The van der Waals surface area contributed by atoms with Crippen molar-refractivity contribution >= 4 is 28.5 Å². The molecule has 1 heterocycles. The van der Waals surface area contributed by atoms with Crippen molar-refractivity contribution in [2.75, 3.05) is 6.61 Å². The maximum atomic E-state index is 11.7. The van der Waals surface area contributed by atoms with E-state index >= 15 is 0 Å². The Morgan fingerprint density at radius 3 is 3.00 bits per heavy atom. The summed E-state index contributed by atoms with van der Waals surface area (Å²) in [5, 5.41) is 11.7. The van der Waals surface area contributed by atoms with Crippen molar-refractivity contribution < 1.29 is 9.90 Å². The second-order valence-corrected chi connectivity index (χ2v) is 4.28. The molecule has 1 aromatic heterocycles. The van der Waals surface area contributed by atoms with Gasteiger partial charge in [0.15, 0.2) is 0 Å². The Bertz CT molecular complexity index is 340. The van der Waals surface area contributed by atoms with Crippen LogP contribution >= 0.6 is 22.6 Å². The molecule has 0 aliphatic heterocycles. The summed E-state index contributed by atoms with van der Waals surface area (Å²) in [7, 11) is 0. The van der Waals surface area contributed by atoms with E-state index in [1.807, 2.05) is 6.92 Å². The minimum Gasteiger partial charge on any atom is -0.394 e. The molecule has 0 bridgehead atoms. The third kappa shape index (κ3) is 3.42. The normalized spacial score (nSPS) is 12.2. The fourth-order valence-electron chi connectivity index (χ4n) is 1.10. The first kappa shape index (κ1) is 12.4. The van der Waals surface area contributed by atoms with Gasteiger partial charge in [0.1, 0.15) is 0 Å². The van der Waals surface area contributed by atoms with Crippen LogP contribution in [0.1, 0.15) is 23.7 Å². The highest BCUT2D eigenvalue weighted by Crippen LogP contribution is 2.09. The molecule has 82 valence electrons. The Morgan fingerprint density at radius 1 is 1.73 bits per heavy atom. The second kappa shape index (κ2) is 6.02. The summed E-state index contributed by atoms with van der Waals surface area (Å²) < 4.78 is 0.806. The molecule has 0 aliphatic carbocycles. The van der Waals surface area contributed by atoms with E-state index in [2.05, 4.69) is 32.9 Å². The SMILES string of the molecule is CCC(CO)NC(=O)c1ccncc1I. The lowest BCUT2D eigenvalue weighted by Crippen LogP contribution is -2.37. The fraction of sp³-hybridized carbons (Fsp3) is 0.400. The van der Waals surface area contributed by atoms with Crippen LogP contribution in [0, 0.1) is 3.57 Å². The number of nitrogens with one attached hydrogen (secondary N) is 1. The molecular weight excluding hydrogens is 307 g/mol. The number of aromatic nitrogens is 1. The minimum atomic E-state index is -0.179. The molecule has 0 saturated heterocycles. The van der Waals surface area contributed by atoms with Crippen molar-refractivity contribution in [3.05, 3.63) is 27.6 Å². The lowest BCUT2D eigenvalue weighted by molar-refractivity contribution is 0.0914. The van der Waals surface area contributed by atoms with Crippen molar-refractivity contribution in [2.24, 2.45) is 0 Å². The quantitative estimate of drug-likeness (QED) is 0.819. The molecule has 1 rings (SSSR count). The topological polar surface area (TPSA) is 62.2 Å². The van der Waals surface area contributed by atoms with Crippen LogP contribution < -0.4 is 5.32 Å². The van der Waals surface area contributed by atoms with E-state index in [-0.39, 0.29) is 18.6 Å². The zero-order valence-electron chi connectivity index (χ0n) is 8.40. The predicted molar refractivity (Wildman–Crippen MR) is 65.6 cm³/mol. The smallest absolute Gasteiger partial charge is 0.252 e. The lowest BCUT2D eigenvalue weighted by Gasteiger charge is -2.14. The van der Waals surface area contributed by atoms with E-state index < -0.39 is 0 Å². The molecule has 4 nitrogen and oxygen atoms in total. The van der Waals surface area contributed by atoms with Crippen LogP contribution in [0.5, 0.6) is 0 Å². The van der Waals surface area contributed by atoms with Gasteiger partial charge in [0.25, 0.3) is 5.91 Å². The Hall–Kier alpha value is -0.690. The third-order valence-electron chi connectivity index (χ3n) is 2.07. The maximum Gasteiger partial charge on any atom is 0.252 e. The second-order valence-electron chi connectivity index (χ2n) is 3.12. The average molecular weight is 320 g/mol. The first-order chi connectivity index (χ1) is 7.19. The minimum absolute atomic E-state index is 0.0378. The van der Waals surface area contributed by atoms with Crippen LogP contribution in [0.15, 0.2) is 18.5 Å². The number of hydrogen-bond acceptors (Lipinski definition) is 3. The molecule has 1 aromatic rings. The molecule has 0 radical (unpaired) electrons. The number of rotatable bonds is 4. The van der Waals surface area contributed by atoms with E-state index in [9.17, 15) is 4.79 Å². The van der Waals surface area contributed by atoms with Gasteiger partial charge in [-0.05, 0) is 35.1 Å². The number of carbonyl (C=O) groups is 1. The fourth-order valence-corrected chi connectivity index (χ4v) is 1.68. The number of amides is 1. The van der Waals surface area contributed by atoms with Crippen molar-refractivity contribution in [3.63, 3.8) is 0 Å². The molecule has 1 amide bonds. The largest absolute Gasteiger partial charge is 0.394 e. The van der Waals surface area contributed by atoms with Crippen LogP contribution in [-0.4, -0.2) is 28.6 Å². The Kier molecular flexibility index (Phi) is 4.97. The van der Waals surface area contributed by atoms with Crippen LogP contribution in [-0.2, 0) is 0 Å². The van der Waals surface area contributed by atoms with Gasteiger partial charge in [0.2, 0.25) is 0 Å². The molecule has 5 heteroatoms. The number of pyridine rings is 1. The maximum absolute atomic E-state index is 11.7. The highest BCUT2D eigenvalue weighted by Gasteiger charge is 2.13. The van der Waals surface area contributed by atoms with E-state index in [0.29, 0.717) is 12.0 Å². The van der Waals surface area contributed by atoms with Crippen molar-refractivity contribution in [3.8, 4) is 0 Å². The van der Waals surface area contributed by atoms with Gasteiger partial charge >= 0.3 is 0 Å². The monoisotopic (exact) mass is 320 g/mol. The highest BCUT2D eigenvalue weighted by atomic mass is 127. The van der Waals surface area contributed by atoms with E-state index in [0.717, 1.165) is 3.57 Å². The van der Waals surface area contributed by atoms with Crippen molar-refractivity contribution in [1.82, 2.24) is 10.3 Å². The van der Waals surface area contributed by atoms with E-state index in [1.54, 1.807) is 18.5 Å². The highest BCUT2D eigenvalue weighted by molar-refractivity contribution is 14.1. The molecule has 15 heavy (non-hydrogen) atoms. The van der Waals surface area contributed by atoms with Crippen molar-refractivity contribution in [2.45, 2.75) is 19.4 Å². The van der Waals surface area contributed by atoms with Crippen molar-refractivity contribution in [1.29, 1.82) is 0 Å². The van der Waals surface area contributed by atoms with Gasteiger partial charge in [-0.1, -0.05) is 6.92 Å². The average Bonchev–Trinajstić information content (AvgIpc) is 2.26. The Labute approximate surface area is 102 Å². The summed E-state index contributed by atoms with van der Waals surface area (Å²) in [6.45, 7) is 1.88. The van der Waals surface area contributed by atoms with Crippen LogP contribution in [0.4, 0.5) is 0 Å². The summed E-state index contributed by atoms with van der Waals surface area (Å²) in [6, 6.07) is 1.49. The van der Waals surface area contributed by atoms with E-state index in [4.69, 9.17) is 5.11 Å². The molecule has 0 saturated carbocycles. The third-order valence-corrected chi connectivity index (χ3v) is 2.93. The number of halogens is 1. The van der Waals surface area contributed by atoms with Gasteiger partial charge in [-0.25, -0.2) is 0 Å². The lowest BCUT2D eigenvalue weighted by atomic mass is 10.2. The standard InChI is InChI=1S/C10H13IN2O2/c1-2-7(6-14)13-10(15)8-3-4-12-5-9(8)11/h3-5,7,14H,2,6H2,1H3,(H,13,15). The van der Waals surface area contributed by atoms with Gasteiger partial charge in [-0.15, -0.1) is 0 Å². The van der Waals surface area contributed by atoms with Crippen LogP contribution in [0.2, 0.25) is 0 Å². The summed E-state index contributed by atoms with van der Waals surface area (Å²) in [5.41, 5.74) is 0.595. The molecule has 0 fully saturated rings.